The van der Waals surface area contributed by atoms with Gasteiger partial charge in [0.2, 0.25) is 0 Å². The first-order valence-corrected chi connectivity index (χ1v) is 7.77. The molecule has 1 saturated carbocycles. The van der Waals surface area contributed by atoms with Crippen LogP contribution in [0.25, 0.3) is 0 Å². The first-order chi connectivity index (χ1) is 8.72. The zero-order valence-corrected chi connectivity index (χ0v) is 12.3. The molecule has 4 unspecified atom stereocenters. The summed E-state index contributed by atoms with van der Waals surface area (Å²) in [4.78, 5) is 2.53. The van der Waals surface area contributed by atoms with Gasteiger partial charge in [0.1, 0.15) is 0 Å². The molecular formula is C15H30N2O. The Bertz CT molecular complexity index is 247. The Kier molecular flexibility index (Phi) is 5.46. The summed E-state index contributed by atoms with van der Waals surface area (Å²) in [5.74, 6) is 0.894. The molecule has 2 aliphatic rings. The monoisotopic (exact) mass is 254 g/mol. The molecule has 2 fully saturated rings. The molecular weight excluding hydrogens is 224 g/mol. The van der Waals surface area contributed by atoms with Crippen molar-refractivity contribution in [2.24, 2.45) is 5.92 Å². The summed E-state index contributed by atoms with van der Waals surface area (Å²) in [6.07, 6.45) is 7.18. The SMILES string of the molecule is CCNC1CCCC1CCN(C)C1CCOC1C. The highest BCUT2D eigenvalue weighted by Gasteiger charge is 2.30. The molecule has 1 saturated heterocycles. The van der Waals surface area contributed by atoms with Crippen molar-refractivity contribution in [2.75, 3.05) is 26.7 Å². The van der Waals surface area contributed by atoms with E-state index in [0.29, 0.717) is 12.1 Å². The highest BCUT2D eigenvalue weighted by molar-refractivity contribution is 4.85. The number of likely N-dealkylation sites (N-methyl/N-ethyl adjacent to an activating group) is 1. The average Bonchev–Trinajstić information content (AvgIpc) is 2.96. The summed E-state index contributed by atoms with van der Waals surface area (Å²) < 4.78 is 5.66. The molecule has 0 radical (unpaired) electrons. The number of hydrogen-bond acceptors (Lipinski definition) is 3. The van der Waals surface area contributed by atoms with Crippen LogP contribution in [0.5, 0.6) is 0 Å². The van der Waals surface area contributed by atoms with Crippen LogP contribution in [-0.2, 0) is 4.74 Å². The van der Waals surface area contributed by atoms with E-state index < -0.39 is 0 Å². The van der Waals surface area contributed by atoms with Crippen LogP contribution >= 0.6 is 0 Å². The summed E-state index contributed by atoms with van der Waals surface area (Å²) in [6.45, 7) is 7.72. The predicted octanol–water partition coefficient (Wildman–Crippen LogP) is 2.26. The second-order valence-corrected chi connectivity index (χ2v) is 6.06. The minimum atomic E-state index is 0.420. The molecule has 4 atom stereocenters. The summed E-state index contributed by atoms with van der Waals surface area (Å²) in [5.41, 5.74) is 0. The Hall–Kier alpha value is -0.120. The van der Waals surface area contributed by atoms with Gasteiger partial charge < -0.3 is 15.0 Å². The number of nitrogens with zero attached hydrogens (tertiary/aromatic N) is 1. The van der Waals surface area contributed by atoms with E-state index in [1.807, 2.05) is 0 Å². The molecule has 3 nitrogen and oxygen atoms in total. The lowest BCUT2D eigenvalue weighted by Crippen LogP contribution is -2.39. The van der Waals surface area contributed by atoms with Gasteiger partial charge in [-0.25, -0.2) is 0 Å². The van der Waals surface area contributed by atoms with Crippen molar-refractivity contribution in [3.05, 3.63) is 0 Å². The number of rotatable bonds is 6. The lowest BCUT2D eigenvalue weighted by molar-refractivity contribution is 0.0813. The third-order valence-corrected chi connectivity index (χ3v) is 4.88. The zero-order valence-electron chi connectivity index (χ0n) is 12.3. The van der Waals surface area contributed by atoms with Crippen LogP contribution < -0.4 is 5.32 Å². The van der Waals surface area contributed by atoms with E-state index in [2.05, 4.69) is 31.1 Å². The van der Waals surface area contributed by atoms with Crippen molar-refractivity contribution in [1.29, 1.82) is 0 Å². The van der Waals surface area contributed by atoms with E-state index in [9.17, 15) is 0 Å². The van der Waals surface area contributed by atoms with Crippen molar-refractivity contribution in [1.82, 2.24) is 10.2 Å². The van der Waals surface area contributed by atoms with Gasteiger partial charge in [0.25, 0.3) is 0 Å². The second-order valence-electron chi connectivity index (χ2n) is 6.06. The average molecular weight is 254 g/mol. The van der Waals surface area contributed by atoms with Gasteiger partial charge in [0.15, 0.2) is 0 Å². The largest absolute Gasteiger partial charge is 0.377 e. The van der Waals surface area contributed by atoms with Gasteiger partial charge in [-0.05, 0) is 58.7 Å². The Morgan fingerprint density at radius 3 is 2.78 bits per heavy atom. The highest BCUT2D eigenvalue weighted by atomic mass is 16.5. The summed E-state index contributed by atoms with van der Waals surface area (Å²) in [6, 6.07) is 1.42. The van der Waals surface area contributed by atoms with E-state index in [1.165, 1.54) is 38.6 Å². The highest BCUT2D eigenvalue weighted by Crippen LogP contribution is 2.29. The first kappa shape index (κ1) is 14.3. The van der Waals surface area contributed by atoms with Crippen LogP contribution in [0.3, 0.4) is 0 Å². The van der Waals surface area contributed by atoms with E-state index in [1.54, 1.807) is 0 Å². The maximum absolute atomic E-state index is 5.66. The molecule has 1 aliphatic carbocycles. The van der Waals surface area contributed by atoms with Gasteiger partial charge in [0.05, 0.1) is 6.10 Å². The molecule has 1 N–H and O–H groups in total. The van der Waals surface area contributed by atoms with Crippen molar-refractivity contribution in [2.45, 2.75) is 64.1 Å². The van der Waals surface area contributed by atoms with E-state index in [0.717, 1.165) is 25.1 Å². The fourth-order valence-corrected chi connectivity index (χ4v) is 3.75. The van der Waals surface area contributed by atoms with E-state index >= 15 is 0 Å². The van der Waals surface area contributed by atoms with Crippen molar-refractivity contribution in [3.8, 4) is 0 Å². The van der Waals surface area contributed by atoms with Crippen LogP contribution in [0, 0.1) is 5.92 Å². The van der Waals surface area contributed by atoms with Gasteiger partial charge in [-0.1, -0.05) is 13.3 Å². The summed E-state index contributed by atoms with van der Waals surface area (Å²) in [5, 5.41) is 3.65. The van der Waals surface area contributed by atoms with Crippen LogP contribution in [0.1, 0.15) is 46.0 Å². The molecule has 0 aromatic rings. The Morgan fingerprint density at radius 1 is 1.28 bits per heavy atom. The van der Waals surface area contributed by atoms with Gasteiger partial charge in [-0.3, -0.25) is 0 Å². The lowest BCUT2D eigenvalue weighted by atomic mass is 9.98. The fraction of sp³-hybridized carbons (Fsp3) is 1.00. The van der Waals surface area contributed by atoms with Crippen molar-refractivity contribution >= 4 is 0 Å². The van der Waals surface area contributed by atoms with Gasteiger partial charge in [0, 0.05) is 18.7 Å². The summed E-state index contributed by atoms with van der Waals surface area (Å²) in [7, 11) is 2.27. The topological polar surface area (TPSA) is 24.5 Å². The van der Waals surface area contributed by atoms with E-state index in [4.69, 9.17) is 4.74 Å². The fourth-order valence-electron chi connectivity index (χ4n) is 3.75. The number of nitrogens with one attached hydrogen (secondary N) is 1. The molecule has 0 spiro atoms. The third-order valence-electron chi connectivity index (χ3n) is 4.88. The summed E-state index contributed by atoms with van der Waals surface area (Å²) >= 11 is 0. The number of hydrogen-bond donors (Lipinski definition) is 1. The molecule has 2 rings (SSSR count). The maximum Gasteiger partial charge on any atom is 0.0702 e. The number of ether oxygens (including phenoxy) is 1. The molecule has 1 aliphatic heterocycles. The van der Waals surface area contributed by atoms with Gasteiger partial charge in [-0.2, -0.15) is 0 Å². The molecule has 106 valence electrons. The molecule has 0 aromatic carbocycles. The molecule has 3 heteroatoms. The van der Waals surface area contributed by atoms with Crippen LogP contribution in [0.15, 0.2) is 0 Å². The minimum absolute atomic E-state index is 0.420. The standard InChI is InChI=1S/C15H30N2O/c1-4-16-14-7-5-6-13(14)8-10-17(3)15-9-11-18-12(15)2/h12-16H,4-11H2,1-3H3. The van der Waals surface area contributed by atoms with Crippen molar-refractivity contribution < 1.29 is 4.74 Å². The van der Waals surface area contributed by atoms with Gasteiger partial charge in [-0.15, -0.1) is 0 Å². The first-order valence-electron chi connectivity index (χ1n) is 7.77. The normalized spacial score (nSPS) is 36.7. The van der Waals surface area contributed by atoms with E-state index in [-0.39, 0.29) is 0 Å². The quantitative estimate of drug-likeness (QED) is 0.787. The van der Waals surface area contributed by atoms with Crippen LogP contribution in [0.2, 0.25) is 0 Å². The Balaban J connectivity index is 1.73. The minimum Gasteiger partial charge on any atom is -0.377 e. The van der Waals surface area contributed by atoms with Crippen molar-refractivity contribution in [3.63, 3.8) is 0 Å². The smallest absolute Gasteiger partial charge is 0.0702 e. The molecule has 1 heterocycles. The molecule has 0 amide bonds. The molecule has 0 aromatic heterocycles. The Morgan fingerprint density at radius 2 is 2.11 bits per heavy atom. The van der Waals surface area contributed by atoms with Gasteiger partial charge >= 0.3 is 0 Å². The molecule has 0 bridgehead atoms. The van der Waals surface area contributed by atoms with Crippen LogP contribution in [0.4, 0.5) is 0 Å². The Labute approximate surface area is 112 Å². The predicted molar refractivity (Wildman–Crippen MR) is 75.9 cm³/mol. The third kappa shape index (κ3) is 3.46. The zero-order chi connectivity index (χ0) is 13.0. The second kappa shape index (κ2) is 6.88. The maximum atomic E-state index is 5.66. The lowest BCUT2D eigenvalue weighted by Gasteiger charge is -2.29. The van der Waals surface area contributed by atoms with Crippen LogP contribution in [-0.4, -0.2) is 49.8 Å². The molecule has 18 heavy (non-hydrogen) atoms.